The van der Waals surface area contributed by atoms with Gasteiger partial charge in [0.05, 0.1) is 6.61 Å². The Bertz CT molecular complexity index is 1280. The number of likely N-dealkylation sites (tertiary alicyclic amines) is 1. The lowest BCUT2D eigenvalue weighted by atomic mass is 9.74. The van der Waals surface area contributed by atoms with Crippen LogP contribution < -0.4 is 10.1 Å². The fourth-order valence-corrected chi connectivity index (χ4v) is 5.98. The number of amides is 2. The molecule has 1 fully saturated rings. The van der Waals surface area contributed by atoms with Crippen LogP contribution in [0.1, 0.15) is 55.1 Å². The molecular formula is C31H39N3O4. The molecule has 38 heavy (non-hydrogen) atoms. The fraction of sp³-hybridized carbons (Fsp3) is 0.484. The van der Waals surface area contributed by atoms with Gasteiger partial charge in [-0.3, -0.25) is 9.59 Å². The summed E-state index contributed by atoms with van der Waals surface area (Å²) in [6.07, 6.45) is 5.35. The minimum Gasteiger partial charge on any atom is -0.481 e. The second kappa shape index (κ2) is 11.6. The summed E-state index contributed by atoms with van der Waals surface area (Å²) in [5.74, 6) is 0.795. The number of rotatable bonds is 4. The van der Waals surface area contributed by atoms with Gasteiger partial charge in [-0.2, -0.15) is 0 Å². The van der Waals surface area contributed by atoms with E-state index in [2.05, 4.69) is 28.1 Å². The predicted molar refractivity (Wildman–Crippen MR) is 148 cm³/mol. The van der Waals surface area contributed by atoms with Crippen molar-refractivity contribution in [2.24, 2.45) is 5.41 Å². The summed E-state index contributed by atoms with van der Waals surface area (Å²) in [6.45, 7) is 5.00. The minimum atomic E-state index is -0.552. The number of nitrogens with one attached hydrogen (secondary N) is 1. The number of ether oxygens (including phenoxy) is 2. The van der Waals surface area contributed by atoms with Crippen LogP contribution >= 0.6 is 0 Å². The number of carbonyl (C=O) groups excluding carboxylic acids is 2. The maximum absolute atomic E-state index is 13.7. The number of carbonyl (C=O) groups is 2. The van der Waals surface area contributed by atoms with Gasteiger partial charge in [0.2, 0.25) is 0 Å². The van der Waals surface area contributed by atoms with Crippen molar-refractivity contribution in [3.63, 3.8) is 0 Å². The highest BCUT2D eigenvalue weighted by Gasteiger charge is 2.37. The van der Waals surface area contributed by atoms with E-state index in [0.717, 1.165) is 66.4 Å². The highest BCUT2D eigenvalue weighted by Crippen LogP contribution is 2.37. The molecule has 1 N–H and O–H groups in total. The molecular weight excluding hydrogens is 478 g/mol. The number of benzene rings is 2. The average Bonchev–Trinajstić information content (AvgIpc) is 3.31. The van der Waals surface area contributed by atoms with Gasteiger partial charge in [-0.25, -0.2) is 0 Å². The number of hydrogen-bond acceptors (Lipinski definition) is 4. The molecule has 0 unspecified atom stereocenters. The lowest BCUT2D eigenvalue weighted by molar-refractivity contribution is -0.128. The number of aryl methyl sites for hydroxylation is 1. The Morgan fingerprint density at radius 2 is 1.84 bits per heavy atom. The maximum Gasteiger partial charge on any atom is 0.270 e. The van der Waals surface area contributed by atoms with Crippen molar-refractivity contribution >= 4 is 22.7 Å². The van der Waals surface area contributed by atoms with E-state index in [1.165, 1.54) is 0 Å². The van der Waals surface area contributed by atoms with Crippen LogP contribution in [-0.2, 0) is 22.5 Å². The average molecular weight is 518 g/mol. The third-order valence-corrected chi connectivity index (χ3v) is 8.35. The van der Waals surface area contributed by atoms with Crippen LogP contribution in [0, 0.1) is 5.41 Å². The first-order chi connectivity index (χ1) is 18.5. The minimum absolute atomic E-state index is 0.00632. The van der Waals surface area contributed by atoms with Crippen LogP contribution in [0.5, 0.6) is 5.75 Å². The topological polar surface area (TPSA) is 72.8 Å². The van der Waals surface area contributed by atoms with Gasteiger partial charge in [0, 0.05) is 44.2 Å². The van der Waals surface area contributed by atoms with Gasteiger partial charge in [0.1, 0.15) is 11.4 Å². The molecule has 2 aliphatic heterocycles. The number of piperidine rings is 1. The molecule has 7 heteroatoms. The Kier molecular flexibility index (Phi) is 8.03. The Hall–Kier alpha value is -3.32. The molecule has 1 atom stereocenters. The van der Waals surface area contributed by atoms with Crippen molar-refractivity contribution in [3.05, 3.63) is 65.9 Å². The largest absolute Gasteiger partial charge is 0.481 e. The molecule has 2 aromatic carbocycles. The molecule has 1 saturated heterocycles. The smallest absolute Gasteiger partial charge is 0.270 e. The Morgan fingerprint density at radius 3 is 2.66 bits per heavy atom. The van der Waals surface area contributed by atoms with Crippen LogP contribution in [-0.4, -0.2) is 60.7 Å². The first kappa shape index (κ1) is 26.3. The molecule has 3 heterocycles. The van der Waals surface area contributed by atoms with Gasteiger partial charge >= 0.3 is 0 Å². The molecule has 0 bridgehead atoms. The van der Waals surface area contributed by atoms with Gasteiger partial charge in [-0.1, -0.05) is 42.8 Å². The zero-order valence-electron chi connectivity index (χ0n) is 22.6. The Balaban J connectivity index is 1.29. The second-order valence-electron chi connectivity index (χ2n) is 10.8. The molecule has 2 amide bonds. The normalized spacial score (nSPS) is 20.2. The zero-order chi connectivity index (χ0) is 26.5. The van der Waals surface area contributed by atoms with Gasteiger partial charge in [-0.15, -0.1) is 0 Å². The highest BCUT2D eigenvalue weighted by molar-refractivity contribution is 5.98. The molecule has 5 rings (SSSR count). The fourth-order valence-electron chi connectivity index (χ4n) is 5.98. The van der Waals surface area contributed by atoms with Crippen molar-refractivity contribution in [2.75, 3.05) is 33.4 Å². The Labute approximate surface area is 225 Å². The molecule has 7 nitrogen and oxygen atoms in total. The molecule has 202 valence electrons. The molecule has 3 aromatic rings. The number of aromatic nitrogens is 1. The molecule has 1 spiro atoms. The van der Waals surface area contributed by atoms with Crippen molar-refractivity contribution in [2.45, 2.75) is 58.1 Å². The zero-order valence-corrected chi connectivity index (χ0v) is 22.6. The van der Waals surface area contributed by atoms with Crippen molar-refractivity contribution in [1.29, 1.82) is 0 Å². The summed E-state index contributed by atoms with van der Waals surface area (Å²) in [6, 6.07) is 18.2. The molecule has 0 aliphatic carbocycles. The van der Waals surface area contributed by atoms with Crippen molar-refractivity contribution < 1.29 is 19.1 Å². The monoisotopic (exact) mass is 517 g/mol. The van der Waals surface area contributed by atoms with E-state index in [0.29, 0.717) is 32.8 Å². The maximum atomic E-state index is 13.7. The van der Waals surface area contributed by atoms with Gasteiger partial charge in [-0.05, 0) is 68.2 Å². The molecule has 2 aliphatic rings. The molecule has 0 radical (unpaired) electrons. The molecule has 0 saturated carbocycles. The van der Waals surface area contributed by atoms with E-state index in [1.54, 1.807) is 7.11 Å². The summed E-state index contributed by atoms with van der Waals surface area (Å²) < 4.78 is 13.5. The first-order valence-electron chi connectivity index (χ1n) is 13.9. The predicted octanol–water partition coefficient (Wildman–Crippen LogP) is 4.82. The summed E-state index contributed by atoms with van der Waals surface area (Å²) in [5, 5.41) is 4.25. The number of fused-ring (bicyclic) bond motifs is 2. The Morgan fingerprint density at radius 1 is 1.08 bits per heavy atom. The lowest BCUT2D eigenvalue weighted by Gasteiger charge is -2.42. The van der Waals surface area contributed by atoms with E-state index < -0.39 is 6.10 Å². The summed E-state index contributed by atoms with van der Waals surface area (Å²) in [4.78, 5) is 28.6. The summed E-state index contributed by atoms with van der Waals surface area (Å²) >= 11 is 0. The number of para-hydroxylation sites is 2. The van der Waals surface area contributed by atoms with E-state index in [9.17, 15) is 9.59 Å². The SMILES string of the molecule is COCCn1c(C(=O)N2CCC3(CCCCc4ccccc4O[C@H](C)C(=O)NC3)CC2)cc2ccccc21. The standard InChI is InChI=1S/C31H39N3O4/c1-23-29(35)32-22-31(14-8-7-10-24-9-4-6-13-28(24)38-23)15-17-33(18-16-31)30(36)27-21-25-11-3-5-12-26(25)34(27)19-20-37-2/h3-6,9,11-13,21,23H,7-8,10,14-20,22H2,1-2H3,(H,32,35)/t23-/m1/s1. The van der Waals surface area contributed by atoms with Crippen LogP contribution in [0.15, 0.2) is 54.6 Å². The lowest BCUT2D eigenvalue weighted by Crippen LogP contribution is -2.49. The van der Waals surface area contributed by atoms with Gasteiger partial charge < -0.3 is 24.3 Å². The second-order valence-corrected chi connectivity index (χ2v) is 10.8. The van der Waals surface area contributed by atoms with Gasteiger partial charge in [0.25, 0.3) is 11.8 Å². The number of hydrogen-bond donors (Lipinski definition) is 1. The third-order valence-electron chi connectivity index (χ3n) is 8.35. The van der Waals surface area contributed by atoms with E-state index >= 15 is 0 Å². The van der Waals surface area contributed by atoms with Crippen LogP contribution in [0.4, 0.5) is 0 Å². The highest BCUT2D eigenvalue weighted by atomic mass is 16.5. The number of methoxy groups -OCH3 is 1. The number of nitrogens with zero attached hydrogens (tertiary/aromatic N) is 2. The summed E-state index contributed by atoms with van der Waals surface area (Å²) in [7, 11) is 1.69. The van der Waals surface area contributed by atoms with Crippen LogP contribution in [0.3, 0.4) is 0 Å². The van der Waals surface area contributed by atoms with Crippen molar-refractivity contribution in [3.8, 4) is 5.75 Å². The van der Waals surface area contributed by atoms with E-state index in [4.69, 9.17) is 9.47 Å². The quantitative estimate of drug-likeness (QED) is 0.539. The first-order valence-corrected chi connectivity index (χ1v) is 13.9. The van der Waals surface area contributed by atoms with E-state index in [-0.39, 0.29) is 17.2 Å². The van der Waals surface area contributed by atoms with E-state index in [1.807, 2.05) is 48.2 Å². The van der Waals surface area contributed by atoms with Gasteiger partial charge in [0.15, 0.2) is 6.10 Å². The molecule has 1 aromatic heterocycles. The van der Waals surface area contributed by atoms with Crippen LogP contribution in [0.2, 0.25) is 0 Å². The third kappa shape index (κ3) is 5.58. The van der Waals surface area contributed by atoms with Crippen LogP contribution in [0.25, 0.3) is 10.9 Å². The van der Waals surface area contributed by atoms with Crippen molar-refractivity contribution in [1.82, 2.24) is 14.8 Å². The summed E-state index contributed by atoms with van der Waals surface area (Å²) in [5.41, 5.74) is 2.93.